The minimum Gasteiger partial charge on any atom is -0.497 e. The Kier molecular flexibility index (Phi) is 4.19. The zero-order valence-corrected chi connectivity index (χ0v) is 15.5. The fourth-order valence-electron chi connectivity index (χ4n) is 3.56. The second kappa shape index (κ2) is 6.52. The molecule has 4 rings (SSSR count). The number of nitrogens with zero attached hydrogens (tertiary/aromatic N) is 1. The van der Waals surface area contributed by atoms with E-state index in [0.29, 0.717) is 11.6 Å². The van der Waals surface area contributed by atoms with Gasteiger partial charge in [0, 0.05) is 22.6 Å². The maximum absolute atomic E-state index is 13.4. The summed E-state index contributed by atoms with van der Waals surface area (Å²) in [4.78, 5) is 18.6. The van der Waals surface area contributed by atoms with Crippen molar-refractivity contribution >= 4 is 22.5 Å². The van der Waals surface area contributed by atoms with Crippen molar-refractivity contribution in [2.45, 2.75) is 32.7 Å². The van der Waals surface area contributed by atoms with Crippen LogP contribution in [0.1, 0.15) is 35.8 Å². The lowest BCUT2D eigenvalue weighted by molar-refractivity contribution is 0.0971. The van der Waals surface area contributed by atoms with Crippen molar-refractivity contribution in [3.63, 3.8) is 0 Å². The number of amides is 1. The summed E-state index contributed by atoms with van der Waals surface area (Å²) in [5.41, 5.74) is 3.72. The number of carbonyl (C=O) groups is 1. The molecule has 1 aromatic heterocycles. The summed E-state index contributed by atoms with van der Waals surface area (Å²) in [5.74, 6) is 1.39. The zero-order valence-electron chi connectivity index (χ0n) is 15.5. The van der Waals surface area contributed by atoms with E-state index in [-0.39, 0.29) is 11.9 Å². The molecule has 0 saturated heterocycles. The van der Waals surface area contributed by atoms with Gasteiger partial charge in [-0.05, 0) is 74.6 Å². The van der Waals surface area contributed by atoms with Crippen LogP contribution < -0.4 is 9.64 Å². The molecule has 1 fully saturated rings. The van der Waals surface area contributed by atoms with Gasteiger partial charge >= 0.3 is 0 Å². The molecule has 4 heteroatoms. The number of methoxy groups -OCH3 is 1. The van der Waals surface area contributed by atoms with E-state index in [4.69, 9.17) is 4.74 Å². The number of aryl methyl sites for hydroxylation is 1. The third-order valence-electron chi connectivity index (χ3n) is 5.29. The molecule has 4 nitrogen and oxygen atoms in total. The summed E-state index contributed by atoms with van der Waals surface area (Å²) in [6, 6.07) is 16.1. The van der Waals surface area contributed by atoms with E-state index in [1.807, 2.05) is 35.2 Å². The van der Waals surface area contributed by atoms with Gasteiger partial charge in [-0.3, -0.25) is 4.79 Å². The quantitative estimate of drug-likeness (QED) is 0.710. The highest BCUT2D eigenvalue weighted by Crippen LogP contribution is 2.38. The van der Waals surface area contributed by atoms with Gasteiger partial charge in [-0.25, -0.2) is 0 Å². The van der Waals surface area contributed by atoms with Gasteiger partial charge < -0.3 is 14.6 Å². The Morgan fingerprint density at radius 1 is 1.15 bits per heavy atom. The third kappa shape index (κ3) is 3.07. The third-order valence-corrected chi connectivity index (χ3v) is 5.29. The second-order valence-corrected chi connectivity index (χ2v) is 7.22. The highest BCUT2D eigenvalue weighted by molar-refractivity contribution is 6.08. The Hall–Kier alpha value is -2.75. The van der Waals surface area contributed by atoms with Gasteiger partial charge in [0.2, 0.25) is 0 Å². The molecule has 134 valence electrons. The molecule has 1 atom stereocenters. The number of aromatic amines is 1. The van der Waals surface area contributed by atoms with Crippen molar-refractivity contribution in [2.24, 2.45) is 5.92 Å². The standard InChI is InChI=1S/C22H24N2O2/c1-14-4-5-17-13-21(23-20(17)12-14)22(25)24(15(2)16-6-7-16)18-8-10-19(26-3)11-9-18/h4-5,8-13,15-16,23H,6-7H2,1-3H3. The van der Waals surface area contributed by atoms with Crippen LogP contribution in [0.3, 0.4) is 0 Å². The minimum atomic E-state index is 0.0171. The van der Waals surface area contributed by atoms with Crippen molar-refractivity contribution in [3.8, 4) is 5.75 Å². The molecule has 26 heavy (non-hydrogen) atoms. The van der Waals surface area contributed by atoms with Crippen LogP contribution >= 0.6 is 0 Å². The number of aromatic nitrogens is 1. The predicted molar refractivity (Wildman–Crippen MR) is 105 cm³/mol. The van der Waals surface area contributed by atoms with Crippen molar-refractivity contribution in [2.75, 3.05) is 12.0 Å². The number of carbonyl (C=O) groups excluding carboxylic acids is 1. The highest BCUT2D eigenvalue weighted by atomic mass is 16.5. The first-order valence-electron chi connectivity index (χ1n) is 9.14. The molecular formula is C22H24N2O2. The van der Waals surface area contributed by atoms with E-state index in [1.54, 1.807) is 7.11 Å². The molecule has 1 unspecified atom stereocenters. The Morgan fingerprint density at radius 3 is 2.54 bits per heavy atom. The number of hydrogen-bond donors (Lipinski definition) is 1. The molecule has 1 aliphatic carbocycles. The van der Waals surface area contributed by atoms with Gasteiger partial charge in [-0.2, -0.15) is 0 Å². The highest BCUT2D eigenvalue weighted by Gasteiger charge is 2.36. The molecule has 3 aromatic rings. The molecule has 1 heterocycles. The lowest BCUT2D eigenvalue weighted by Gasteiger charge is -2.29. The van der Waals surface area contributed by atoms with E-state index < -0.39 is 0 Å². The molecule has 1 aliphatic rings. The number of hydrogen-bond acceptors (Lipinski definition) is 2. The van der Waals surface area contributed by atoms with Gasteiger partial charge in [0.25, 0.3) is 5.91 Å². The van der Waals surface area contributed by atoms with E-state index in [9.17, 15) is 4.79 Å². The lowest BCUT2D eigenvalue weighted by atomic mass is 10.1. The number of fused-ring (bicyclic) bond motifs is 1. The number of benzene rings is 2. The summed E-state index contributed by atoms with van der Waals surface area (Å²) in [7, 11) is 1.65. The number of H-pyrrole nitrogens is 1. The molecule has 0 aliphatic heterocycles. The number of rotatable bonds is 5. The Balaban J connectivity index is 1.72. The van der Waals surface area contributed by atoms with Gasteiger partial charge in [-0.15, -0.1) is 0 Å². The number of ether oxygens (including phenoxy) is 1. The maximum atomic E-state index is 13.4. The van der Waals surface area contributed by atoms with Crippen LogP contribution in [0.15, 0.2) is 48.5 Å². The summed E-state index contributed by atoms with van der Waals surface area (Å²) in [6.45, 7) is 4.20. The van der Waals surface area contributed by atoms with E-state index in [1.165, 1.54) is 18.4 Å². The van der Waals surface area contributed by atoms with Crippen LogP contribution in [0, 0.1) is 12.8 Å². The maximum Gasteiger partial charge on any atom is 0.274 e. The Morgan fingerprint density at radius 2 is 1.88 bits per heavy atom. The van der Waals surface area contributed by atoms with Crippen LogP contribution in [0.2, 0.25) is 0 Å². The van der Waals surface area contributed by atoms with Gasteiger partial charge in [0.05, 0.1) is 7.11 Å². The van der Waals surface area contributed by atoms with E-state index >= 15 is 0 Å². The van der Waals surface area contributed by atoms with E-state index in [2.05, 4.69) is 37.0 Å². The van der Waals surface area contributed by atoms with Crippen molar-refractivity contribution in [3.05, 3.63) is 59.8 Å². The topological polar surface area (TPSA) is 45.3 Å². The van der Waals surface area contributed by atoms with Crippen molar-refractivity contribution in [1.82, 2.24) is 4.98 Å². The van der Waals surface area contributed by atoms with E-state index in [0.717, 1.165) is 22.3 Å². The molecular weight excluding hydrogens is 324 g/mol. The molecule has 1 amide bonds. The van der Waals surface area contributed by atoms with Crippen LogP contribution in [-0.2, 0) is 0 Å². The van der Waals surface area contributed by atoms with Crippen molar-refractivity contribution < 1.29 is 9.53 Å². The summed E-state index contributed by atoms with van der Waals surface area (Å²) < 4.78 is 5.26. The number of nitrogens with one attached hydrogen (secondary N) is 1. The van der Waals surface area contributed by atoms with Gasteiger partial charge in [0.15, 0.2) is 0 Å². The molecule has 1 N–H and O–H groups in total. The fourth-order valence-corrected chi connectivity index (χ4v) is 3.56. The Labute approximate surface area is 153 Å². The predicted octanol–water partition coefficient (Wildman–Crippen LogP) is 4.93. The normalized spacial score (nSPS) is 15.0. The van der Waals surface area contributed by atoms with Crippen LogP contribution in [-0.4, -0.2) is 24.0 Å². The summed E-state index contributed by atoms with van der Waals surface area (Å²) in [5, 5.41) is 1.06. The summed E-state index contributed by atoms with van der Waals surface area (Å²) in [6.07, 6.45) is 2.37. The monoisotopic (exact) mass is 348 g/mol. The molecule has 0 radical (unpaired) electrons. The smallest absolute Gasteiger partial charge is 0.274 e. The average molecular weight is 348 g/mol. The first-order chi connectivity index (χ1) is 12.6. The molecule has 2 aromatic carbocycles. The van der Waals surface area contributed by atoms with Crippen LogP contribution in [0.4, 0.5) is 5.69 Å². The van der Waals surface area contributed by atoms with Crippen LogP contribution in [0.5, 0.6) is 5.75 Å². The average Bonchev–Trinajstić information content (AvgIpc) is 3.42. The first-order valence-corrected chi connectivity index (χ1v) is 9.14. The fraction of sp³-hybridized carbons (Fsp3) is 0.318. The number of anilines is 1. The second-order valence-electron chi connectivity index (χ2n) is 7.22. The molecule has 0 bridgehead atoms. The van der Waals surface area contributed by atoms with Gasteiger partial charge in [-0.1, -0.05) is 12.1 Å². The largest absolute Gasteiger partial charge is 0.497 e. The minimum absolute atomic E-state index is 0.0171. The summed E-state index contributed by atoms with van der Waals surface area (Å²) >= 11 is 0. The Bertz CT molecular complexity index is 938. The van der Waals surface area contributed by atoms with Gasteiger partial charge in [0.1, 0.15) is 11.4 Å². The molecule has 1 saturated carbocycles. The first kappa shape index (κ1) is 16.7. The van der Waals surface area contributed by atoms with Crippen LogP contribution in [0.25, 0.3) is 10.9 Å². The van der Waals surface area contributed by atoms with Crippen molar-refractivity contribution in [1.29, 1.82) is 0 Å². The SMILES string of the molecule is COc1ccc(N(C(=O)c2cc3ccc(C)cc3[nH]2)C(C)C2CC2)cc1. The zero-order chi connectivity index (χ0) is 18.3. The molecule has 0 spiro atoms. The lowest BCUT2D eigenvalue weighted by Crippen LogP contribution is -2.40.